The molecule has 5 unspecified atom stereocenters. The molecular formula is C16H30N2O. The Balaban J connectivity index is 1.48. The highest BCUT2D eigenvalue weighted by Gasteiger charge is 2.41. The lowest BCUT2D eigenvalue weighted by molar-refractivity contribution is 0.0915. The van der Waals surface area contributed by atoms with E-state index in [1.54, 1.807) is 0 Å². The summed E-state index contributed by atoms with van der Waals surface area (Å²) >= 11 is 0. The van der Waals surface area contributed by atoms with E-state index in [0.29, 0.717) is 24.3 Å². The van der Waals surface area contributed by atoms with Crippen LogP contribution in [0.15, 0.2) is 0 Å². The minimum Gasteiger partial charge on any atom is -0.373 e. The fourth-order valence-corrected chi connectivity index (χ4v) is 4.31. The first-order chi connectivity index (χ1) is 9.26. The molecule has 5 atom stereocenters. The van der Waals surface area contributed by atoms with Crippen molar-refractivity contribution < 1.29 is 4.74 Å². The lowest BCUT2D eigenvalue weighted by Crippen LogP contribution is -2.50. The summed E-state index contributed by atoms with van der Waals surface area (Å²) in [6, 6.07) is 1.28. The minimum atomic E-state index is 0.516. The zero-order chi connectivity index (χ0) is 13.2. The molecule has 0 aromatic carbocycles. The summed E-state index contributed by atoms with van der Waals surface area (Å²) in [5, 5.41) is 3.89. The van der Waals surface area contributed by atoms with Crippen LogP contribution in [0.4, 0.5) is 0 Å². The lowest BCUT2D eigenvalue weighted by Gasteiger charge is -2.37. The van der Waals surface area contributed by atoms with Crippen molar-refractivity contribution in [2.45, 2.75) is 76.7 Å². The molecule has 19 heavy (non-hydrogen) atoms. The molecule has 3 aliphatic rings. The topological polar surface area (TPSA) is 24.5 Å². The molecule has 3 heterocycles. The van der Waals surface area contributed by atoms with Gasteiger partial charge in [-0.1, -0.05) is 6.92 Å². The molecule has 0 aromatic heterocycles. The number of hydrogen-bond donors (Lipinski definition) is 1. The largest absolute Gasteiger partial charge is 0.373 e. The predicted molar refractivity (Wildman–Crippen MR) is 78.4 cm³/mol. The summed E-state index contributed by atoms with van der Waals surface area (Å²) in [5.41, 5.74) is 0. The van der Waals surface area contributed by atoms with Crippen molar-refractivity contribution >= 4 is 0 Å². The van der Waals surface area contributed by atoms with Crippen LogP contribution >= 0.6 is 0 Å². The quantitative estimate of drug-likeness (QED) is 0.827. The smallest absolute Gasteiger partial charge is 0.0733 e. The van der Waals surface area contributed by atoms with E-state index in [0.717, 1.165) is 5.92 Å². The molecule has 3 rings (SSSR count). The molecule has 3 fully saturated rings. The highest BCUT2D eigenvalue weighted by Crippen LogP contribution is 2.35. The van der Waals surface area contributed by atoms with Crippen LogP contribution in [0.2, 0.25) is 0 Å². The average molecular weight is 266 g/mol. The highest BCUT2D eigenvalue weighted by molar-refractivity contribution is 4.96. The third kappa shape index (κ3) is 3.14. The van der Waals surface area contributed by atoms with Gasteiger partial charge in [0.1, 0.15) is 0 Å². The number of piperidine rings is 1. The molecule has 0 radical (unpaired) electrons. The third-order valence-electron chi connectivity index (χ3n) is 5.37. The minimum absolute atomic E-state index is 0.516. The fourth-order valence-electron chi connectivity index (χ4n) is 4.31. The molecule has 3 aliphatic heterocycles. The molecule has 3 heteroatoms. The monoisotopic (exact) mass is 266 g/mol. The Morgan fingerprint density at radius 2 is 2.21 bits per heavy atom. The van der Waals surface area contributed by atoms with Gasteiger partial charge < -0.3 is 15.0 Å². The number of nitrogens with zero attached hydrogens (tertiary/aromatic N) is 1. The van der Waals surface area contributed by atoms with Crippen LogP contribution in [-0.4, -0.2) is 48.8 Å². The SMILES string of the molecule is CCCN1CCCC(C(C)NC2CC3CCC2O3)C1. The number of rotatable bonds is 5. The molecule has 0 saturated carbocycles. The van der Waals surface area contributed by atoms with Gasteiger partial charge in [0.25, 0.3) is 0 Å². The Hall–Kier alpha value is -0.120. The van der Waals surface area contributed by atoms with Crippen molar-refractivity contribution in [2.75, 3.05) is 19.6 Å². The maximum atomic E-state index is 5.96. The van der Waals surface area contributed by atoms with Crippen molar-refractivity contribution in [2.24, 2.45) is 5.92 Å². The maximum absolute atomic E-state index is 5.96. The second kappa shape index (κ2) is 6.11. The molecule has 0 aliphatic carbocycles. The van der Waals surface area contributed by atoms with E-state index in [1.807, 2.05) is 0 Å². The first-order valence-corrected chi connectivity index (χ1v) is 8.40. The van der Waals surface area contributed by atoms with Crippen LogP contribution in [-0.2, 0) is 4.74 Å². The Bertz CT molecular complexity index is 294. The number of likely N-dealkylation sites (tertiary alicyclic amines) is 1. The Morgan fingerprint density at radius 1 is 1.32 bits per heavy atom. The van der Waals surface area contributed by atoms with Gasteiger partial charge in [0.05, 0.1) is 12.2 Å². The van der Waals surface area contributed by atoms with Crippen molar-refractivity contribution in [3.63, 3.8) is 0 Å². The van der Waals surface area contributed by atoms with E-state index in [-0.39, 0.29) is 0 Å². The second-order valence-corrected chi connectivity index (χ2v) is 6.87. The average Bonchev–Trinajstić information content (AvgIpc) is 3.02. The van der Waals surface area contributed by atoms with Gasteiger partial charge in [-0.2, -0.15) is 0 Å². The summed E-state index contributed by atoms with van der Waals surface area (Å²) in [6.07, 6.45) is 8.97. The van der Waals surface area contributed by atoms with Crippen LogP contribution in [0.25, 0.3) is 0 Å². The molecule has 0 aromatic rings. The summed E-state index contributed by atoms with van der Waals surface area (Å²) in [4.78, 5) is 2.66. The van der Waals surface area contributed by atoms with Crippen LogP contribution in [0.5, 0.6) is 0 Å². The van der Waals surface area contributed by atoms with Gasteiger partial charge in [0.15, 0.2) is 0 Å². The third-order valence-corrected chi connectivity index (χ3v) is 5.37. The number of ether oxygens (including phenoxy) is 1. The van der Waals surface area contributed by atoms with E-state index in [2.05, 4.69) is 24.1 Å². The van der Waals surface area contributed by atoms with Gasteiger partial charge in [-0.05, 0) is 64.5 Å². The zero-order valence-electron chi connectivity index (χ0n) is 12.6. The summed E-state index contributed by atoms with van der Waals surface area (Å²) in [6.45, 7) is 8.57. The van der Waals surface area contributed by atoms with Gasteiger partial charge in [0, 0.05) is 18.6 Å². The van der Waals surface area contributed by atoms with Crippen LogP contribution in [0.3, 0.4) is 0 Å². The number of hydrogen-bond acceptors (Lipinski definition) is 3. The van der Waals surface area contributed by atoms with E-state index >= 15 is 0 Å². The fraction of sp³-hybridized carbons (Fsp3) is 1.00. The summed E-state index contributed by atoms with van der Waals surface area (Å²) in [7, 11) is 0. The molecular weight excluding hydrogens is 236 g/mol. The normalized spacial score (nSPS) is 40.7. The van der Waals surface area contributed by atoms with E-state index in [9.17, 15) is 0 Å². The first-order valence-electron chi connectivity index (χ1n) is 8.40. The van der Waals surface area contributed by atoms with Gasteiger partial charge in [0.2, 0.25) is 0 Å². The van der Waals surface area contributed by atoms with Crippen molar-refractivity contribution in [1.29, 1.82) is 0 Å². The first kappa shape index (κ1) is 13.8. The number of nitrogens with one attached hydrogen (secondary N) is 1. The maximum Gasteiger partial charge on any atom is 0.0733 e. The molecule has 3 nitrogen and oxygen atoms in total. The molecule has 3 saturated heterocycles. The van der Waals surface area contributed by atoms with E-state index in [4.69, 9.17) is 4.74 Å². The predicted octanol–water partition coefficient (Wildman–Crippen LogP) is 2.41. The van der Waals surface area contributed by atoms with Gasteiger partial charge in [-0.3, -0.25) is 0 Å². The summed E-state index contributed by atoms with van der Waals surface area (Å²) < 4.78 is 5.96. The van der Waals surface area contributed by atoms with Crippen LogP contribution in [0, 0.1) is 5.92 Å². The Morgan fingerprint density at radius 3 is 2.89 bits per heavy atom. The van der Waals surface area contributed by atoms with Gasteiger partial charge in [-0.25, -0.2) is 0 Å². The lowest BCUT2D eigenvalue weighted by atomic mass is 9.89. The highest BCUT2D eigenvalue weighted by atomic mass is 16.5. The Kier molecular flexibility index (Phi) is 4.45. The zero-order valence-corrected chi connectivity index (χ0v) is 12.6. The van der Waals surface area contributed by atoms with Crippen molar-refractivity contribution in [3.8, 4) is 0 Å². The Labute approximate surface area is 118 Å². The molecule has 110 valence electrons. The van der Waals surface area contributed by atoms with Crippen molar-refractivity contribution in [3.05, 3.63) is 0 Å². The van der Waals surface area contributed by atoms with Crippen LogP contribution < -0.4 is 5.32 Å². The van der Waals surface area contributed by atoms with Gasteiger partial charge in [-0.15, -0.1) is 0 Å². The summed E-state index contributed by atoms with van der Waals surface area (Å²) in [5.74, 6) is 0.833. The van der Waals surface area contributed by atoms with E-state index < -0.39 is 0 Å². The molecule has 0 amide bonds. The number of fused-ring (bicyclic) bond motifs is 2. The molecule has 1 N–H and O–H groups in total. The second-order valence-electron chi connectivity index (χ2n) is 6.87. The molecule has 2 bridgehead atoms. The van der Waals surface area contributed by atoms with E-state index in [1.165, 1.54) is 58.2 Å². The van der Waals surface area contributed by atoms with Crippen molar-refractivity contribution in [1.82, 2.24) is 10.2 Å². The standard InChI is InChI=1S/C16H30N2O/c1-3-8-18-9-4-5-13(11-18)12(2)17-15-10-14-6-7-16(15)19-14/h12-17H,3-11H2,1-2H3. The van der Waals surface area contributed by atoms with Gasteiger partial charge >= 0.3 is 0 Å². The molecule has 0 spiro atoms. The van der Waals surface area contributed by atoms with Crippen LogP contribution in [0.1, 0.15) is 52.4 Å².